The van der Waals surface area contributed by atoms with Gasteiger partial charge < -0.3 is 10.1 Å². The molecular formula is C15H16N2O3. The zero-order valence-corrected chi connectivity index (χ0v) is 11.3. The third-order valence-corrected chi connectivity index (χ3v) is 2.76. The molecule has 0 aliphatic heterocycles. The number of pyridine rings is 1. The van der Waals surface area contributed by atoms with E-state index in [-0.39, 0.29) is 18.5 Å². The summed E-state index contributed by atoms with van der Waals surface area (Å²) in [4.78, 5) is 26.7. The van der Waals surface area contributed by atoms with Gasteiger partial charge in [0, 0.05) is 24.9 Å². The minimum Gasteiger partial charge on any atom is -0.466 e. The first-order chi connectivity index (χ1) is 9.66. The molecule has 2 rings (SSSR count). The second kappa shape index (κ2) is 6.65. The number of hydrogen-bond donors (Lipinski definition) is 1. The molecule has 5 heteroatoms. The maximum atomic E-state index is 11.8. The molecular weight excluding hydrogens is 256 g/mol. The first kappa shape index (κ1) is 14.0. The molecule has 0 bridgehead atoms. The third kappa shape index (κ3) is 3.78. The van der Waals surface area contributed by atoms with Crippen molar-refractivity contribution in [3.8, 4) is 0 Å². The van der Waals surface area contributed by atoms with Crippen molar-refractivity contribution in [3.05, 3.63) is 36.5 Å². The molecule has 1 amide bonds. The molecule has 0 fully saturated rings. The van der Waals surface area contributed by atoms with Crippen LogP contribution >= 0.6 is 0 Å². The SMILES string of the molecule is CC(=O)OCCCC(=O)Nc1cccc2cccnc12. The molecule has 2 aromatic rings. The van der Waals surface area contributed by atoms with Crippen molar-refractivity contribution in [1.82, 2.24) is 4.98 Å². The summed E-state index contributed by atoms with van der Waals surface area (Å²) < 4.78 is 4.78. The Kier molecular flexibility index (Phi) is 4.65. The van der Waals surface area contributed by atoms with Crippen molar-refractivity contribution in [2.45, 2.75) is 19.8 Å². The van der Waals surface area contributed by atoms with Gasteiger partial charge in [-0.1, -0.05) is 18.2 Å². The Morgan fingerprint density at radius 3 is 2.85 bits per heavy atom. The summed E-state index contributed by atoms with van der Waals surface area (Å²) in [6.45, 7) is 1.61. The number of amides is 1. The van der Waals surface area contributed by atoms with Crippen LogP contribution in [0.3, 0.4) is 0 Å². The first-order valence-corrected chi connectivity index (χ1v) is 6.44. The summed E-state index contributed by atoms with van der Waals surface area (Å²) in [6.07, 6.45) is 2.50. The van der Waals surface area contributed by atoms with Gasteiger partial charge in [-0.15, -0.1) is 0 Å². The predicted octanol–water partition coefficient (Wildman–Crippen LogP) is 2.52. The molecule has 0 unspecified atom stereocenters. The van der Waals surface area contributed by atoms with Gasteiger partial charge in [0.25, 0.3) is 0 Å². The molecule has 0 saturated heterocycles. The highest BCUT2D eigenvalue weighted by atomic mass is 16.5. The molecule has 1 aromatic carbocycles. The lowest BCUT2D eigenvalue weighted by Gasteiger charge is -2.08. The highest BCUT2D eigenvalue weighted by Crippen LogP contribution is 2.20. The standard InChI is InChI=1S/C15H16N2O3/c1-11(18)20-10-4-8-14(19)17-13-7-2-5-12-6-3-9-16-15(12)13/h2-3,5-7,9H,4,8,10H2,1H3,(H,17,19). The molecule has 0 atom stereocenters. The Morgan fingerprint density at radius 1 is 1.25 bits per heavy atom. The van der Waals surface area contributed by atoms with Crippen LogP contribution in [0.5, 0.6) is 0 Å². The molecule has 0 aliphatic rings. The van der Waals surface area contributed by atoms with Crippen LogP contribution in [0.2, 0.25) is 0 Å². The number of nitrogens with one attached hydrogen (secondary N) is 1. The number of carbonyl (C=O) groups excluding carboxylic acids is 2. The number of nitrogens with zero attached hydrogens (tertiary/aromatic N) is 1. The number of aromatic nitrogens is 1. The number of hydrogen-bond acceptors (Lipinski definition) is 4. The Labute approximate surface area is 117 Å². The van der Waals surface area contributed by atoms with Gasteiger partial charge in [-0.3, -0.25) is 14.6 Å². The molecule has 1 heterocycles. The van der Waals surface area contributed by atoms with Crippen LogP contribution in [-0.2, 0) is 14.3 Å². The summed E-state index contributed by atoms with van der Waals surface area (Å²) in [6, 6.07) is 9.43. The maximum absolute atomic E-state index is 11.8. The van der Waals surface area contributed by atoms with Gasteiger partial charge in [0.05, 0.1) is 17.8 Å². The van der Waals surface area contributed by atoms with E-state index in [0.717, 1.165) is 10.9 Å². The molecule has 104 valence electrons. The summed E-state index contributed by atoms with van der Waals surface area (Å²) in [5.74, 6) is -0.445. The molecule has 1 N–H and O–H groups in total. The zero-order valence-electron chi connectivity index (χ0n) is 11.3. The second-order valence-corrected chi connectivity index (χ2v) is 4.37. The fraction of sp³-hybridized carbons (Fsp3) is 0.267. The lowest BCUT2D eigenvalue weighted by molar-refractivity contribution is -0.141. The van der Waals surface area contributed by atoms with Gasteiger partial charge in [0.2, 0.25) is 5.91 Å². The highest BCUT2D eigenvalue weighted by molar-refractivity contribution is 6.00. The maximum Gasteiger partial charge on any atom is 0.302 e. The first-order valence-electron chi connectivity index (χ1n) is 6.44. The summed E-state index contributed by atoms with van der Waals surface area (Å²) in [5, 5.41) is 3.81. The number of anilines is 1. The zero-order chi connectivity index (χ0) is 14.4. The minimum atomic E-state index is -0.330. The van der Waals surface area contributed by atoms with Crippen molar-refractivity contribution < 1.29 is 14.3 Å². The van der Waals surface area contributed by atoms with Crippen molar-refractivity contribution in [1.29, 1.82) is 0 Å². The molecule has 5 nitrogen and oxygen atoms in total. The van der Waals surface area contributed by atoms with Crippen molar-refractivity contribution in [2.24, 2.45) is 0 Å². The van der Waals surface area contributed by atoms with Gasteiger partial charge in [-0.25, -0.2) is 0 Å². The Balaban J connectivity index is 1.94. The smallest absolute Gasteiger partial charge is 0.302 e. The molecule has 0 saturated carbocycles. The number of rotatable bonds is 5. The van der Waals surface area contributed by atoms with Crippen molar-refractivity contribution in [2.75, 3.05) is 11.9 Å². The predicted molar refractivity (Wildman–Crippen MR) is 76.2 cm³/mol. The topological polar surface area (TPSA) is 68.3 Å². The Hall–Kier alpha value is -2.43. The fourth-order valence-electron chi connectivity index (χ4n) is 1.87. The molecule has 0 radical (unpaired) electrons. The number of carbonyl (C=O) groups is 2. The third-order valence-electron chi connectivity index (χ3n) is 2.76. The Morgan fingerprint density at radius 2 is 2.05 bits per heavy atom. The number of esters is 1. The van der Waals surface area contributed by atoms with E-state index >= 15 is 0 Å². The largest absolute Gasteiger partial charge is 0.466 e. The van der Waals surface area contributed by atoms with Crippen molar-refractivity contribution in [3.63, 3.8) is 0 Å². The van der Waals surface area contributed by atoms with Crippen LogP contribution in [-0.4, -0.2) is 23.5 Å². The van der Waals surface area contributed by atoms with Crippen LogP contribution in [0.25, 0.3) is 10.9 Å². The van der Waals surface area contributed by atoms with Gasteiger partial charge in [-0.05, 0) is 18.6 Å². The van der Waals surface area contributed by atoms with Crippen LogP contribution in [0, 0.1) is 0 Å². The summed E-state index contributed by atoms with van der Waals surface area (Å²) in [7, 11) is 0. The molecule has 0 aliphatic carbocycles. The van der Waals surface area contributed by atoms with E-state index in [0.29, 0.717) is 18.5 Å². The second-order valence-electron chi connectivity index (χ2n) is 4.37. The van der Waals surface area contributed by atoms with E-state index < -0.39 is 0 Å². The number of ether oxygens (including phenoxy) is 1. The van der Waals surface area contributed by atoms with Crippen LogP contribution in [0.1, 0.15) is 19.8 Å². The molecule has 0 spiro atoms. The highest BCUT2D eigenvalue weighted by Gasteiger charge is 2.06. The number of para-hydroxylation sites is 1. The van der Waals surface area contributed by atoms with Crippen LogP contribution in [0.15, 0.2) is 36.5 Å². The molecule has 20 heavy (non-hydrogen) atoms. The number of fused-ring (bicyclic) bond motifs is 1. The van der Waals surface area contributed by atoms with Gasteiger partial charge in [-0.2, -0.15) is 0 Å². The Bertz CT molecular complexity index is 620. The van der Waals surface area contributed by atoms with E-state index in [2.05, 4.69) is 10.3 Å². The van der Waals surface area contributed by atoms with E-state index in [1.54, 1.807) is 6.20 Å². The van der Waals surface area contributed by atoms with Crippen LogP contribution in [0.4, 0.5) is 5.69 Å². The minimum absolute atomic E-state index is 0.115. The number of benzene rings is 1. The summed E-state index contributed by atoms with van der Waals surface area (Å²) in [5.41, 5.74) is 1.46. The quantitative estimate of drug-likeness (QED) is 0.670. The van der Waals surface area contributed by atoms with Gasteiger partial charge in [0.15, 0.2) is 0 Å². The normalized spacial score (nSPS) is 10.2. The van der Waals surface area contributed by atoms with Gasteiger partial charge >= 0.3 is 5.97 Å². The van der Waals surface area contributed by atoms with E-state index in [1.165, 1.54) is 6.92 Å². The molecule has 1 aromatic heterocycles. The van der Waals surface area contributed by atoms with Crippen molar-refractivity contribution >= 4 is 28.5 Å². The van der Waals surface area contributed by atoms with E-state index in [1.807, 2.05) is 30.3 Å². The lowest BCUT2D eigenvalue weighted by Crippen LogP contribution is -2.13. The van der Waals surface area contributed by atoms with Gasteiger partial charge in [0.1, 0.15) is 0 Å². The average Bonchev–Trinajstić information content (AvgIpc) is 2.44. The monoisotopic (exact) mass is 272 g/mol. The summed E-state index contributed by atoms with van der Waals surface area (Å²) >= 11 is 0. The fourth-order valence-corrected chi connectivity index (χ4v) is 1.87. The lowest BCUT2D eigenvalue weighted by atomic mass is 10.2. The average molecular weight is 272 g/mol. The van der Waals surface area contributed by atoms with E-state index in [9.17, 15) is 9.59 Å². The van der Waals surface area contributed by atoms with Crippen LogP contribution < -0.4 is 5.32 Å². The van der Waals surface area contributed by atoms with E-state index in [4.69, 9.17) is 4.74 Å².